The van der Waals surface area contributed by atoms with Gasteiger partial charge in [0.05, 0.1) is 0 Å². The molecule has 22 heavy (non-hydrogen) atoms. The van der Waals surface area contributed by atoms with Crippen molar-refractivity contribution in [2.24, 2.45) is 0 Å². The van der Waals surface area contributed by atoms with Gasteiger partial charge in [0, 0.05) is 0 Å². The van der Waals surface area contributed by atoms with Gasteiger partial charge in [-0.1, -0.05) is 0 Å². The Morgan fingerprint density at radius 1 is 0.773 bits per heavy atom. The van der Waals surface area contributed by atoms with Crippen LogP contribution in [0.3, 0.4) is 0 Å². The van der Waals surface area contributed by atoms with Crippen LogP contribution in [0.5, 0.6) is 0 Å². The van der Waals surface area contributed by atoms with Crippen molar-refractivity contribution < 1.29 is 55.6 Å². The monoisotopic (exact) mass is 361 g/mol. The Hall–Kier alpha value is -1.68. The fraction of sp³-hybridized carbons (Fsp3) is 0.636. The van der Waals surface area contributed by atoms with E-state index in [2.05, 4.69) is 16.0 Å². The Balaban J connectivity index is 5.13. The fourth-order valence-corrected chi connectivity index (χ4v) is 2.17. The van der Waals surface area contributed by atoms with Crippen LogP contribution < -0.4 is 0 Å². The van der Waals surface area contributed by atoms with Crippen molar-refractivity contribution in [3.8, 4) is 0 Å². The zero-order chi connectivity index (χ0) is 17.4. The van der Waals surface area contributed by atoms with Crippen LogP contribution in [0.15, 0.2) is 0 Å². The summed E-state index contributed by atoms with van der Waals surface area (Å²) in [6, 6.07) is -0.786. The standard InChI is InChI=1S/C11H17N2O8.Fe/c1-7(13(5-10(18)19)6-11(20)21)2-12(3-8(14)15)4-9(16)17;/h2,7H,3-6H2,1H3,(H,14,15)(H,16,17)(H,18,19)(H,20,21);. The summed E-state index contributed by atoms with van der Waals surface area (Å²) in [5, 5.41) is 35.2. The van der Waals surface area contributed by atoms with E-state index in [0.29, 0.717) is 0 Å². The van der Waals surface area contributed by atoms with Gasteiger partial charge in [-0.2, -0.15) is 0 Å². The second-order valence-electron chi connectivity index (χ2n) is 4.48. The van der Waals surface area contributed by atoms with E-state index in [9.17, 15) is 19.2 Å². The SMILES string of the molecule is CC([CH]([Fe])N(CC(=O)O)CC(=O)O)N(CC(=O)O)CC(=O)O. The molecule has 0 aliphatic rings. The molecule has 0 amide bonds. The van der Waals surface area contributed by atoms with Crippen molar-refractivity contribution in [2.75, 3.05) is 26.2 Å². The third-order valence-electron chi connectivity index (χ3n) is 2.66. The van der Waals surface area contributed by atoms with Crippen molar-refractivity contribution >= 4 is 23.9 Å². The summed E-state index contributed by atoms with van der Waals surface area (Å²) in [6.45, 7) is -0.946. The third-order valence-corrected chi connectivity index (χ3v) is 3.59. The second kappa shape index (κ2) is 9.36. The second-order valence-corrected chi connectivity index (χ2v) is 5.14. The molecule has 0 rings (SSSR count). The Morgan fingerprint density at radius 2 is 1.05 bits per heavy atom. The first-order valence-corrected chi connectivity index (χ1v) is 6.66. The van der Waals surface area contributed by atoms with E-state index in [1.54, 1.807) is 0 Å². The van der Waals surface area contributed by atoms with Gasteiger partial charge < -0.3 is 0 Å². The van der Waals surface area contributed by atoms with Gasteiger partial charge in [0.2, 0.25) is 0 Å². The minimum atomic E-state index is -1.27. The molecule has 0 radical (unpaired) electrons. The molecule has 0 aromatic carbocycles. The van der Waals surface area contributed by atoms with Crippen molar-refractivity contribution in [3.05, 3.63) is 0 Å². The third kappa shape index (κ3) is 7.93. The number of hydrogen-bond donors (Lipinski definition) is 4. The topological polar surface area (TPSA) is 156 Å². The van der Waals surface area contributed by atoms with Crippen LogP contribution >= 0.6 is 0 Å². The van der Waals surface area contributed by atoms with Crippen molar-refractivity contribution in [1.82, 2.24) is 9.80 Å². The Morgan fingerprint density at radius 3 is 1.32 bits per heavy atom. The summed E-state index contributed by atoms with van der Waals surface area (Å²) in [5.41, 5.74) is 0. The van der Waals surface area contributed by atoms with Gasteiger partial charge in [-0.15, -0.1) is 0 Å². The van der Waals surface area contributed by atoms with Crippen LogP contribution in [0.25, 0.3) is 0 Å². The van der Waals surface area contributed by atoms with E-state index >= 15 is 0 Å². The average Bonchev–Trinajstić information content (AvgIpc) is 2.33. The number of carboxylic acids is 4. The molecule has 0 aromatic heterocycles. The van der Waals surface area contributed by atoms with Crippen LogP contribution in [0.4, 0.5) is 0 Å². The summed E-state index contributed by atoms with van der Waals surface area (Å²) in [7, 11) is 0. The van der Waals surface area contributed by atoms with Crippen LogP contribution in [0, 0.1) is 0 Å². The maximum absolute atomic E-state index is 10.8. The first-order chi connectivity index (χ1) is 10.0. The Kier molecular flexibility index (Phi) is 8.64. The van der Waals surface area contributed by atoms with E-state index in [4.69, 9.17) is 20.4 Å². The van der Waals surface area contributed by atoms with Crippen molar-refractivity contribution in [1.29, 1.82) is 0 Å². The van der Waals surface area contributed by atoms with Crippen molar-refractivity contribution in [3.63, 3.8) is 0 Å². The van der Waals surface area contributed by atoms with Crippen LogP contribution in [0.2, 0.25) is 0 Å². The number of carbonyl (C=O) groups is 4. The molecule has 0 aliphatic heterocycles. The van der Waals surface area contributed by atoms with Gasteiger partial charge in [-0.25, -0.2) is 0 Å². The van der Waals surface area contributed by atoms with Gasteiger partial charge in [-0.05, 0) is 0 Å². The quantitative estimate of drug-likeness (QED) is 0.309. The number of nitrogens with zero attached hydrogens (tertiary/aromatic N) is 2. The van der Waals surface area contributed by atoms with Gasteiger partial charge in [0.25, 0.3) is 0 Å². The first kappa shape index (κ1) is 20.3. The molecule has 0 aliphatic carbocycles. The molecule has 0 saturated carbocycles. The van der Waals surface area contributed by atoms with Gasteiger partial charge in [0.1, 0.15) is 0 Å². The first-order valence-electron chi connectivity index (χ1n) is 6.02. The van der Waals surface area contributed by atoms with Gasteiger partial charge in [0.15, 0.2) is 0 Å². The molecular formula is C11H17FeN2O8. The minimum absolute atomic E-state index is 0.590. The molecule has 2 unspecified atom stereocenters. The van der Waals surface area contributed by atoms with E-state index in [1.165, 1.54) is 6.92 Å². The molecular weight excluding hydrogens is 344 g/mol. The van der Waals surface area contributed by atoms with Gasteiger partial charge >= 0.3 is 133 Å². The maximum atomic E-state index is 10.8. The van der Waals surface area contributed by atoms with Crippen molar-refractivity contribution in [2.45, 2.75) is 17.9 Å². The van der Waals surface area contributed by atoms with E-state index in [-0.39, 0.29) is 0 Å². The van der Waals surface area contributed by atoms with Crippen LogP contribution in [-0.4, -0.2) is 91.3 Å². The Bertz CT molecular complexity index is 372. The number of carboxylic acid groups (broad SMARTS) is 4. The van der Waals surface area contributed by atoms with Crippen LogP contribution in [-0.2, 0) is 35.2 Å². The molecule has 11 heteroatoms. The normalized spacial score (nSPS) is 13.8. The molecule has 0 fully saturated rings. The molecule has 127 valence electrons. The predicted octanol–water partition coefficient (Wildman–Crippen LogP) is -1.81. The molecule has 0 bridgehead atoms. The molecule has 0 spiro atoms. The zero-order valence-corrected chi connectivity index (χ0v) is 12.8. The summed E-state index contributed by atoms with van der Waals surface area (Å²) >= 11 is 3.65. The van der Waals surface area contributed by atoms with E-state index in [0.717, 1.165) is 9.80 Å². The number of rotatable bonds is 11. The molecule has 0 saturated heterocycles. The summed E-state index contributed by atoms with van der Waals surface area (Å²) in [5.74, 6) is -5.07. The fourth-order valence-electron chi connectivity index (χ4n) is 1.74. The average molecular weight is 361 g/mol. The molecule has 0 heterocycles. The Labute approximate surface area is 134 Å². The molecule has 0 aromatic rings. The van der Waals surface area contributed by atoms with Gasteiger partial charge in [-0.3, -0.25) is 0 Å². The summed E-state index contributed by atoms with van der Waals surface area (Å²) in [4.78, 5) is 44.3. The predicted molar refractivity (Wildman–Crippen MR) is 66.9 cm³/mol. The number of aliphatic carboxylic acids is 4. The van der Waals surface area contributed by atoms with E-state index in [1.807, 2.05) is 0 Å². The summed E-state index contributed by atoms with van der Waals surface area (Å²) < 4.78 is 0. The molecule has 2 atom stereocenters. The molecule has 4 N–H and O–H groups in total. The number of hydrogen-bond acceptors (Lipinski definition) is 6. The zero-order valence-electron chi connectivity index (χ0n) is 11.7. The van der Waals surface area contributed by atoms with E-state index < -0.39 is 61.0 Å². The summed E-state index contributed by atoms with van der Waals surface area (Å²) in [6.07, 6.45) is 0. The van der Waals surface area contributed by atoms with Crippen LogP contribution in [0.1, 0.15) is 6.92 Å². The molecule has 10 nitrogen and oxygen atoms in total.